The number of carboxylic acids is 1. The fourth-order valence-corrected chi connectivity index (χ4v) is 2.97. The molecule has 0 aromatic carbocycles. The fourth-order valence-electron chi connectivity index (χ4n) is 2.97. The van der Waals surface area contributed by atoms with Crippen LogP contribution in [-0.2, 0) is 19.4 Å². The van der Waals surface area contributed by atoms with E-state index >= 15 is 0 Å². The summed E-state index contributed by atoms with van der Waals surface area (Å²) in [4.78, 5) is 33.7. The molecule has 0 amide bonds. The number of hydrogen-bond acceptors (Lipinski definition) is 4. The Kier molecular flexibility index (Phi) is 3.38. The second kappa shape index (κ2) is 4.53. The number of carboxylic acid groups (broad SMARTS) is 1. The number of hydrogen-bond donors (Lipinski definition) is 1. The molecule has 1 heterocycles. The van der Waals surface area contributed by atoms with Gasteiger partial charge in [-0.3, -0.25) is 4.79 Å². The Morgan fingerprint density at radius 3 is 2.60 bits per heavy atom. The highest BCUT2D eigenvalue weighted by atomic mass is 17.2. The Balaban J connectivity index is 2.33. The van der Waals surface area contributed by atoms with Gasteiger partial charge in [0.1, 0.15) is 11.2 Å². The van der Waals surface area contributed by atoms with Crippen LogP contribution in [0.5, 0.6) is 0 Å². The topological polar surface area (TPSA) is 72.8 Å². The molecule has 1 fully saturated rings. The van der Waals surface area contributed by atoms with Crippen molar-refractivity contribution in [2.45, 2.75) is 45.3 Å². The van der Waals surface area contributed by atoms with Gasteiger partial charge in [-0.25, -0.2) is 14.6 Å². The molecule has 2 rings (SSSR count). The molecule has 1 aliphatic carbocycles. The van der Waals surface area contributed by atoms with Gasteiger partial charge in [0.25, 0.3) is 0 Å². The lowest BCUT2D eigenvalue weighted by atomic mass is 9.60. The number of carbonyl (C=O) groups is 2. The van der Waals surface area contributed by atoms with Gasteiger partial charge in [-0.05, 0) is 38.5 Å². The molecule has 1 N–H and O–H groups in total. The average molecular weight is 280 g/mol. The van der Waals surface area contributed by atoms with E-state index < -0.39 is 22.6 Å². The molecule has 5 heteroatoms. The highest BCUT2D eigenvalue weighted by molar-refractivity contribution is 5.96. The van der Waals surface area contributed by atoms with Crippen molar-refractivity contribution in [2.24, 2.45) is 11.3 Å². The van der Waals surface area contributed by atoms with Crippen LogP contribution in [0.4, 0.5) is 0 Å². The van der Waals surface area contributed by atoms with Crippen molar-refractivity contribution in [1.82, 2.24) is 0 Å². The summed E-state index contributed by atoms with van der Waals surface area (Å²) in [7, 11) is 0. The summed E-state index contributed by atoms with van der Waals surface area (Å²) in [5.41, 5.74) is -2.11. The molecule has 2 aliphatic rings. The SMILES string of the molecule is CC1(C=CC(=O)O)CC2C(C)(C=CC(=O)C2(C)C)OO1. The van der Waals surface area contributed by atoms with Crippen LogP contribution in [-0.4, -0.2) is 28.1 Å². The third-order valence-corrected chi connectivity index (χ3v) is 4.36. The molecular formula is C15H20O5. The summed E-state index contributed by atoms with van der Waals surface area (Å²) in [5, 5.41) is 8.74. The molecule has 0 aromatic rings. The molecule has 0 aromatic heterocycles. The van der Waals surface area contributed by atoms with Crippen LogP contribution in [0.15, 0.2) is 24.3 Å². The van der Waals surface area contributed by atoms with Gasteiger partial charge in [0.15, 0.2) is 5.78 Å². The molecule has 20 heavy (non-hydrogen) atoms. The van der Waals surface area contributed by atoms with Gasteiger partial charge in [0.05, 0.1) is 0 Å². The second-order valence-electron chi connectivity index (χ2n) is 6.51. The molecule has 0 saturated carbocycles. The minimum Gasteiger partial charge on any atom is -0.478 e. The van der Waals surface area contributed by atoms with Gasteiger partial charge in [-0.1, -0.05) is 13.8 Å². The fraction of sp³-hybridized carbons (Fsp3) is 0.600. The van der Waals surface area contributed by atoms with Crippen molar-refractivity contribution >= 4 is 11.8 Å². The van der Waals surface area contributed by atoms with E-state index in [0.29, 0.717) is 6.42 Å². The highest BCUT2D eigenvalue weighted by Crippen LogP contribution is 2.50. The Morgan fingerprint density at radius 2 is 2.00 bits per heavy atom. The van der Waals surface area contributed by atoms with Crippen LogP contribution < -0.4 is 0 Å². The zero-order valence-corrected chi connectivity index (χ0v) is 12.2. The zero-order valence-electron chi connectivity index (χ0n) is 12.2. The largest absolute Gasteiger partial charge is 0.478 e. The van der Waals surface area contributed by atoms with Crippen molar-refractivity contribution in [3.05, 3.63) is 24.3 Å². The Labute approximate surface area is 118 Å². The van der Waals surface area contributed by atoms with E-state index in [1.54, 1.807) is 13.0 Å². The Hall–Kier alpha value is -1.46. The van der Waals surface area contributed by atoms with Crippen molar-refractivity contribution < 1.29 is 24.5 Å². The number of allylic oxidation sites excluding steroid dienone is 1. The molecule has 0 bridgehead atoms. The zero-order chi connectivity index (χ0) is 15.2. The van der Waals surface area contributed by atoms with Gasteiger partial charge in [-0.15, -0.1) is 0 Å². The maximum absolute atomic E-state index is 12.1. The maximum Gasteiger partial charge on any atom is 0.328 e. The molecule has 3 unspecified atom stereocenters. The first-order valence-electron chi connectivity index (χ1n) is 6.62. The molecule has 5 nitrogen and oxygen atoms in total. The third kappa shape index (κ3) is 2.43. The molecule has 1 aliphatic heterocycles. The molecule has 0 radical (unpaired) electrons. The lowest BCUT2D eigenvalue weighted by molar-refractivity contribution is -0.431. The van der Waals surface area contributed by atoms with Crippen molar-refractivity contribution in [1.29, 1.82) is 0 Å². The summed E-state index contributed by atoms with van der Waals surface area (Å²) in [6.07, 6.45) is 6.28. The van der Waals surface area contributed by atoms with Crippen LogP contribution >= 0.6 is 0 Å². The first-order chi connectivity index (χ1) is 9.09. The monoisotopic (exact) mass is 280 g/mol. The van der Waals surface area contributed by atoms with Crippen molar-refractivity contribution in [2.75, 3.05) is 0 Å². The number of aliphatic carboxylic acids is 1. The molecular weight excluding hydrogens is 260 g/mol. The quantitative estimate of drug-likeness (QED) is 0.620. The van der Waals surface area contributed by atoms with Crippen LogP contribution in [0.2, 0.25) is 0 Å². The molecule has 1 saturated heterocycles. The minimum atomic E-state index is -1.04. The predicted octanol–water partition coefficient (Wildman–Crippen LogP) is 2.28. The van der Waals surface area contributed by atoms with Crippen LogP contribution in [0, 0.1) is 11.3 Å². The lowest BCUT2D eigenvalue weighted by Crippen LogP contribution is -2.57. The molecule has 110 valence electrons. The van der Waals surface area contributed by atoms with Gasteiger partial charge in [-0.2, -0.15) is 0 Å². The van der Waals surface area contributed by atoms with E-state index in [-0.39, 0.29) is 11.7 Å². The molecule has 0 spiro atoms. The number of carbonyl (C=O) groups excluding carboxylic acids is 1. The predicted molar refractivity (Wildman–Crippen MR) is 71.8 cm³/mol. The summed E-state index contributed by atoms with van der Waals surface area (Å²) in [5.74, 6) is -1.08. The van der Waals surface area contributed by atoms with Crippen LogP contribution in [0.3, 0.4) is 0 Å². The summed E-state index contributed by atoms with van der Waals surface area (Å²) in [6.45, 7) is 7.41. The Morgan fingerprint density at radius 1 is 1.35 bits per heavy atom. The van der Waals surface area contributed by atoms with Crippen LogP contribution in [0.1, 0.15) is 34.1 Å². The first-order valence-corrected chi connectivity index (χ1v) is 6.62. The van der Waals surface area contributed by atoms with Crippen molar-refractivity contribution in [3.8, 4) is 0 Å². The summed E-state index contributed by atoms with van der Waals surface area (Å²) >= 11 is 0. The molecule has 3 atom stereocenters. The van der Waals surface area contributed by atoms with Crippen LogP contribution in [0.25, 0.3) is 0 Å². The second-order valence-corrected chi connectivity index (χ2v) is 6.51. The number of fused-ring (bicyclic) bond motifs is 1. The normalized spacial score (nSPS) is 39.8. The van der Waals surface area contributed by atoms with Gasteiger partial charge < -0.3 is 5.11 Å². The first kappa shape index (κ1) is 14.9. The van der Waals surface area contributed by atoms with Gasteiger partial charge in [0.2, 0.25) is 0 Å². The Bertz CT molecular complexity index is 504. The number of rotatable bonds is 2. The lowest BCUT2D eigenvalue weighted by Gasteiger charge is -2.52. The van der Waals surface area contributed by atoms with E-state index in [1.807, 2.05) is 20.8 Å². The maximum atomic E-state index is 12.1. The standard InChI is InChI=1S/C15H20O5/c1-13(2)10-9-14(3,7-6-12(17)18)19-20-15(10,4)8-5-11(13)16/h5-8,10H,9H2,1-4H3,(H,17,18). The van der Waals surface area contributed by atoms with Gasteiger partial charge >= 0.3 is 5.97 Å². The van der Waals surface area contributed by atoms with E-state index in [1.165, 1.54) is 12.2 Å². The number of ketones is 1. The van der Waals surface area contributed by atoms with E-state index in [2.05, 4.69) is 0 Å². The average Bonchev–Trinajstić information content (AvgIpc) is 2.36. The van der Waals surface area contributed by atoms with E-state index in [0.717, 1.165) is 6.08 Å². The summed E-state index contributed by atoms with van der Waals surface area (Å²) in [6, 6.07) is 0. The minimum absolute atomic E-state index is 0.0510. The third-order valence-electron chi connectivity index (χ3n) is 4.36. The van der Waals surface area contributed by atoms with Crippen molar-refractivity contribution in [3.63, 3.8) is 0 Å². The van der Waals surface area contributed by atoms with E-state index in [9.17, 15) is 9.59 Å². The smallest absolute Gasteiger partial charge is 0.328 e. The van der Waals surface area contributed by atoms with Gasteiger partial charge in [0, 0.05) is 17.4 Å². The summed E-state index contributed by atoms with van der Waals surface area (Å²) < 4.78 is 0. The highest BCUT2D eigenvalue weighted by Gasteiger charge is 2.55. The van der Waals surface area contributed by atoms with E-state index in [4.69, 9.17) is 14.9 Å².